The number of aromatic nitrogens is 1. The van der Waals surface area contributed by atoms with Crippen molar-refractivity contribution < 1.29 is 9.26 Å². The number of nitrogens with zero attached hydrogens (tertiary/aromatic N) is 1. The van der Waals surface area contributed by atoms with E-state index in [1.165, 1.54) is 18.4 Å². The van der Waals surface area contributed by atoms with Gasteiger partial charge in [-0.25, -0.2) is 0 Å². The minimum Gasteiger partial charge on any atom is -0.378 e. The Morgan fingerprint density at radius 1 is 1.32 bits per heavy atom. The number of anilines is 1. The van der Waals surface area contributed by atoms with Gasteiger partial charge >= 0.3 is 0 Å². The molecule has 0 radical (unpaired) electrons. The van der Waals surface area contributed by atoms with Crippen molar-refractivity contribution in [2.45, 2.75) is 31.3 Å². The van der Waals surface area contributed by atoms with Crippen molar-refractivity contribution in [3.8, 4) is 11.1 Å². The molecule has 1 aliphatic rings. The van der Waals surface area contributed by atoms with Crippen LogP contribution in [-0.4, -0.2) is 17.9 Å². The third-order valence-electron chi connectivity index (χ3n) is 3.97. The van der Waals surface area contributed by atoms with Gasteiger partial charge in [0.1, 0.15) is 0 Å². The van der Waals surface area contributed by atoms with E-state index in [1.807, 2.05) is 7.11 Å². The third kappa shape index (κ3) is 2.49. The SMILES string of the molecule is COC1(CCc2ccc(-c3cnoc3N)cc2)CC1. The summed E-state index contributed by atoms with van der Waals surface area (Å²) < 4.78 is 10.4. The van der Waals surface area contributed by atoms with Gasteiger partial charge in [0.05, 0.1) is 17.4 Å². The average Bonchev–Trinajstić information content (AvgIpc) is 3.11. The van der Waals surface area contributed by atoms with Crippen LogP contribution in [-0.2, 0) is 11.2 Å². The molecule has 19 heavy (non-hydrogen) atoms. The van der Waals surface area contributed by atoms with Crippen LogP contribution in [0.25, 0.3) is 11.1 Å². The Kier molecular flexibility index (Phi) is 3.03. The van der Waals surface area contributed by atoms with Gasteiger partial charge in [0.25, 0.3) is 0 Å². The zero-order valence-electron chi connectivity index (χ0n) is 11.1. The van der Waals surface area contributed by atoms with Crippen molar-refractivity contribution in [3.05, 3.63) is 36.0 Å². The van der Waals surface area contributed by atoms with Gasteiger partial charge in [0.2, 0.25) is 5.88 Å². The molecule has 3 rings (SSSR count). The van der Waals surface area contributed by atoms with Crippen LogP contribution in [0.15, 0.2) is 35.0 Å². The molecule has 1 fully saturated rings. The number of aryl methyl sites for hydroxylation is 1. The predicted octanol–water partition coefficient (Wildman–Crippen LogP) is 3.04. The van der Waals surface area contributed by atoms with Crippen molar-refractivity contribution in [1.82, 2.24) is 5.16 Å². The Morgan fingerprint density at radius 2 is 2.05 bits per heavy atom. The lowest BCUT2D eigenvalue weighted by Gasteiger charge is -2.12. The van der Waals surface area contributed by atoms with Crippen LogP contribution >= 0.6 is 0 Å². The van der Waals surface area contributed by atoms with E-state index in [1.54, 1.807) is 6.20 Å². The quantitative estimate of drug-likeness (QED) is 0.895. The summed E-state index contributed by atoms with van der Waals surface area (Å²) in [6, 6.07) is 8.39. The smallest absolute Gasteiger partial charge is 0.229 e. The Morgan fingerprint density at radius 3 is 2.58 bits per heavy atom. The van der Waals surface area contributed by atoms with E-state index in [2.05, 4.69) is 29.4 Å². The molecule has 1 aliphatic carbocycles. The molecule has 1 saturated carbocycles. The zero-order valence-corrected chi connectivity index (χ0v) is 11.1. The molecule has 0 saturated heterocycles. The van der Waals surface area contributed by atoms with Crippen molar-refractivity contribution in [3.63, 3.8) is 0 Å². The number of rotatable bonds is 5. The maximum atomic E-state index is 5.71. The molecule has 4 nitrogen and oxygen atoms in total. The fourth-order valence-corrected chi connectivity index (χ4v) is 2.38. The predicted molar refractivity (Wildman–Crippen MR) is 73.6 cm³/mol. The van der Waals surface area contributed by atoms with Gasteiger partial charge in [0.15, 0.2) is 0 Å². The molecule has 0 amide bonds. The summed E-state index contributed by atoms with van der Waals surface area (Å²) >= 11 is 0. The second-order valence-electron chi connectivity index (χ2n) is 5.19. The van der Waals surface area contributed by atoms with Crippen LogP contribution in [0.2, 0.25) is 0 Å². The molecular formula is C15H18N2O2. The molecule has 1 heterocycles. The van der Waals surface area contributed by atoms with Crippen LogP contribution in [0, 0.1) is 0 Å². The minimum atomic E-state index is 0.164. The highest BCUT2D eigenvalue weighted by Crippen LogP contribution is 2.42. The van der Waals surface area contributed by atoms with Crippen molar-refractivity contribution in [1.29, 1.82) is 0 Å². The fraction of sp³-hybridized carbons (Fsp3) is 0.400. The second kappa shape index (κ2) is 4.70. The molecule has 0 aliphatic heterocycles. The maximum Gasteiger partial charge on any atom is 0.229 e. The molecule has 4 heteroatoms. The average molecular weight is 258 g/mol. The lowest BCUT2D eigenvalue weighted by atomic mass is 10.0. The van der Waals surface area contributed by atoms with Crippen molar-refractivity contribution in [2.24, 2.45) is 0 Å². The summed E-state index contributed by atoms with van der Waals surface area (Å²) in [5, 5.41) is 3.69. The highest BCUT2D eigenvalue weighted by atomic mass is 16.5. The summed E-state index contributed by atoms with van der Waals surface area (Å²) in [6.07, 6.45) is 6.18. The van der Waals surface area contributed by atoms with Gasteiger partial charge in [-0.1, -0.05) is 29.4 Å². The number of nitrogen functional groups attached to an aromatic ring is 1. The molecule has 2 N–H and O–H groups in total. The molecular weight excluding hydrogens is 240 g/mol. The molecule has 2 aromatic rings. The number of methoxy groups -OCH3 is 1. The molecule has 1 aromatic carbocycles. The molecule has 100 valence electrons. The molecule has 0 spiro atoms. The van der Waals surface area contributed by atoms with Crippen molar-refractivity contribution in [2.75, 3.05) is 12.8 Å². The van der Waals surface area contributed by atoms with Gasteiger partial charge in [0, 0.05) is 7.11 Å². The first kappa shape index (κ1) is 12.2. The lowest BCUT2D eigenvalue weighted by molar-refractivity contribution is 0.0731. The van der Waals surface area contributed by atoms with Crippen LogP contribution in [0.1, 0.15) is 24.8 Å². The Hall–Kier alpha value is -1.81. The van der Waals surface area contributed by atoms with E-state index < -0.39 is 0 Å². The van der Waals surface area contributed by atoms with E-state index in [4.69, 9.17) is 15.0 Å². The lowest BCUT2D eigenvalue weighted by Crippen LogP contribution is -2.12. The van der Waals surface area contributed by atoms with Gasteiger partial charge in [-0.05, 0) is 36.8 Å². The Bertz CT molecular complexity index is 556. The maximum absolute atomic E-state index is 5.71. The molecule has 0 atom stereocenters. The van der Waals surface area contributed by atoms with Gasteiger partial charge in [-0.3, -0.25) is 0 Å². The highest BCUT2D eigenvalue weighted by Gasteiger charge is 2.42. The van der Waals surface area contributed by atoms with Gasteiger partial charge in [-0.15, -0.1) is 0 Å². The highest BCUT2D eigenvalue weighted by molar-refractivity contribution is 5.71. The van der Waals surface area contributed by atoms with Gasteiger partial charge < -0.3 is 15.0 Å². The van der Waals surface area contributed by atoms with E-state index in [0.717, 1.165) is 24.0 Å². The monoisotopic (exact) mass is 258 g/mol. The van der Waals surface area contributed by atoms with Crippen molar-refractivity contribution >= 4 is 5.88 Å². The summed E-state index contributed by atoms with van der Waals surface area (Å²) in [4.78, 5) is 0. The topological polar surface area (TPSA) is 61.3 Å². The minimum absolute atomic E-state index is 0.164. The van der Waals surface area contributed by atoms with E-state index in [-0.39, 0.29) is 5.60 Å². The number of benzene rings is 1. The van der Waals surface area contributed by atoms with E-state index >= 15 is 0 Å². The summed E-state index contributed by atoms with van der Waals surface area (Å²) in [7, 11) is 1.81. The van der Waals surface area contributed by atoms with Crippen LogP contribution in [0.3, 0.4) is 0 Å². The normalized spacial score (nSPS) is 16.5. The second-order valence-corrected chi connectivity index (χ2v) is 5.19. The number of ether oxygens (including phenoxy) is 1. The number of nitrogens with two attached hydrogens (primary N) is 1. The summed E-state index contributed by atoms with van der Waals surface area (Å²) in [6.45, 7) is 0. The molecule has 1 aromatic heterocycles. The van der Waals surface area contributed by atoms with Crippen LogP contribution in [0.5, 0.6) is 0 Å². The summed E-state index contributed by atoms with van der Waals surface area (Å²) in [5.74, 6) is 0.365. The van der Waals surface area contributed by atoms with Crippen LogP contribution in [0.4, 0.5) is 5.88 Å². The largest absolute Gasteiger partial charge is 0.378 e. The molecule has 0 bridgehead atoms. The number of hydrogen-bond donors (Lipinski definition) is 1. The first-order valence-corrected chi connectivity index (χ1v) is 6.57. The first-order valence-electron chi connectivity index (χ1n) is 6.57. The van der Waals surface area contributed by atoms with Crippen LogP contribution < -0.4 is 5.73 Å². The zero-order chi connectivity index (χ0) is 13.3. The fourth-order valence-electron chi connectivity index (χ4n) is 2.38. The van der Waals surface area contributed by atoms with Gasteiger partial charge in [-0.2, -0.15) is 0 Å². The first-order chi connectivity index (χ1) is 9.22. The number of hydrogen-bond acceptors (Lipinski definition) is 4. The van der Waals surface area contributed by atoms with E-state index in [9.17, 15) is 0 Å². The third-order valence-corrected chi connectivity index (χ3v) is 3.97. The Balaban J connectivity index is 1.68. The molecule has 0 unspecified atom stereocenters. The summed E-state index contributed by atoms with van der Waals surface area (Å²) in [5.41, 5.74) is 9.08. The standard InChI is InChI=1S/C15H18N2O2/c1-18-15(8-9-15)7-6-11-2-4-12(5-3-11)13-10-17-19-14(13)16/h2-5,10H,6-9,16H2,1H3. The Labute approximate surface area is 112 Å². The van der Waals surface area contributed by atoms with E-state index in [0.29, 0.717) is 5.88 Å².